The maximum absolute atomic E-state index is 10.8. The average Bonchev–Trinajstić information content (AvgIpc) is 2.03. The van der Waals surface area contributed by atoms with Gasteiger partial charge >= 0.3 is 0 Å². The molecule has 0 bridgehead atoms. The van der Waals surface area contributed by atoms with E-state index in [0.29, 0.717) is 5.02 Å². The molecule has 64 valence electrons. The average molecular weight is 184 g/mol. The summed E-state index contributed by atoms with van der Waals surface area (Å²) in [6.07, 6.45) is 0. The van der Waals surface area contributed by atoms with Gasteiger partial charge in [0.15, 0.2) is 0 Å². The lowest BCUT2D eigenvalue weighted by Gasteiger charge is -2.06. The zero-order chi connectivity index (χ0) is 9.14. The molecule has 0 aliphatic carbocycles. The third kappa shape index (κ3) is 1.98. The third-order valence-corrected chi connectivity index (χ3v) is 2.01. The number of benzene rings is 1. The van der Waals surface area contributed by atoms with Gasteiger partial charge in [0.05, 0.1) is 5.92 Å². The summed E-state index contributed by atoms with van der Waals surface area (Å²) in [6.45, 7) is 1.76. The van der Waals surface area contributed by atoms with Crippen molar-refractivity contribution in [3.63, 3.8) is 0 Å². The van der Waals surface area contributed by atoms with E-state index in [-0.39, 0.29) is 11.8 Å². The van der Waals surface area contributed by atoms with E-state index in [9.17, 15) is 4.79 Å². The highest BCUT2D eigenvalue weighted by molar-refractivity contribution is 6.30. The van der Waals surface area contributed by atoms with E-state index in [2.05, 4.69) is 0 Å². The molecule has 0 aliphatic rings. The molecule has 2 N–H and O–H groups in total. The van der Waals surface area contributed by atoms with Crippen LogP contribution in [0.2, 0.25) is 5.02 Å². The van der Waals surface area contributed by atoms with E-state index in [1.165, 1.54) is 0 Å². The molecular weight excluding hydrogens is 174 g/mol. The Labute approximate surface area is 76.3 Å². The van der Waals surface area contributed by atoms with Crippen LogP contribution in [-0.4, -0.2) is 5.91 Å². The summed E-state index contributed by atoms with van der Waals surface area (Å²) in [7, 11) is 0. The maximum atomic E-state index is 10.8. The van der Waals surface area contributed by atoms with E-state index in [0.717, 1.165) is 5.56 Å². The van der Waals surface area contributed by atoms with Gasteiger partial charge in [-0.25, -0.2) is 0 Å². The SMILES string of the molecule is C[C@@H](C(N)=O)c1cccc(Cl)c1. The van der Waals surface area contributed by atoms with Gasteiger partial charge in [0, 0.05) is 5.02 Å². The zero-order valence-corrected chi connectivity index (χ0v) is 7.51. The lowest BCUT2D eigenvalue weighted by Crippen LogP contribution is -2.18. The van der Waals surface area contributed by atoms with Crippen LogP contribution in [0.5, 0.6) is 0 Å². The number of carbonyl (C=O) groups excluding carboxylic acids is 1. The predicted octanol–water partition coefficient (Wildman–Crippen LogP) is 1.93. The molecule has 0 aliphatic heterocycles. The van der Waals surface area contributed by atoms with Crippen LogP contribution in [0.4, 0.5) is 0 Å². The minimum atomic E-state index is -0.336. The monoisotopic (exact) mass is 183 g/mol. The molecule has 0 aromatic heterocycles. The van der Waals surface area contributed by atoms with E-state index >= 15 is 0 Å². The summed E-state index contributed by atoms with van der Waals surface area (Å²) in [5.41, 5.74) is 5.99. The number of carbonyl (C=O) groups is 1. The molecule has 2 nitrogen and oxygen atoms in total. The molecule has 1 aromatic rings. The van der Waals surface area contributed by atoms with Crippen LogP contribution >= 0.6 is 11.6 Å². The molecule has 1 amide bonds. The van der Waals surface area contributed by atoms with Crippen LogP contribution < -0.4 is 5.73 Å². The molecule has 0 radical (unpaired) electrons. The maximum Gasteiger partial charge on any atom is 0.224 e. The largest absolute Gasteiger partial charge is 0.369 e. The van der Waals surface area contributed by atoms with Crippen molar-refractivity contribution in [2.45, 2.75) is 12.8 Å². The first-order valence-corrected chi connectivity index (χ1v) is 4.04. The topological polar surface area (TPSA) is 43.1 Å². The van der Waals surface area contributed by atoms with Crippen LogP contribution in [0.1, 0.15) is 18.4 Å². The Morgan fingerprint density at radius 1 is 1.58 bits per heavy atom. The summed E-state index contributed by atoms with van der Waals surface area (Å²) >= 11 is 5.74. The quantitative estimate of drug-likeness (QED) is 0.748. The zero-order valence-electron chi connectivity index (χ0n) is 6.75. The molecule has 3 heteroatoms. The minimum Gasteiger partial charge on any atom is -0.369 e. The van der Waals surface area contributed by atoms with Gasteiger partial charge in [0.1, 0.15) is 0 Å². The normalized spacial score (nSPS) is 12.5. The second-order valence-corrected chi connectivity index (χ2v) is 3.12. The Balaban J connectivity index is 2.95. The Hall–Kier alpha value is -1.02. The van der Waals surface area contributed by atoms with Crippen LogP contribution in [0.25, 0.3) is 0 Å². The molecule has 0 saturated heterocycles. The molecule has 1 rings (SSSR count). The van der Waals surface area contributed by atoms with Gasteiger partial charge in [-0.3, -0.25) is 4.79 Å². The van der Waals surface area contributed by atoms with Crippen LogP contribution in [0.15, 0.2) is 24.3 Å². The van der Waals surface area contributed by atoms with Gasteiger partial charge < -0.3 is 5.73 Å². The van der Waals surface area contributed by atoms with Crippen molar-refractivity contribution in [3.05, 3.63) is 34.9 Å². The Bertz CT molecular complexity index is 298. The summed E-state index contributed by atoms with van der Waals surface area (Å²) < 4.78 is 0. The minimum absolute atomic E-state index is 0.274. The van der Waals surface area contributed by atoms with Gasteiger partial charge in [-0.05, 0) is 24.6 Å². The first-order chi connectivity index (χ1) is 5.61. The van der Waals surface area contributed by atoms with Crippen molar-refractivity contribution in [1.82, 2.24) is 0 Å². The number of nitrogens with two attached hydrogens (primary N) is 1. The fraction of sp³-hybridized carbons (Fsp3) is 0.222. The first-order valence-electron chi connectivity index (χ1n) is 3.66. The van der Waals surface area contributed by atoms with Crippen LogP contribution in [0.3, 0.4) is 0 Å². The number of hydrogen-bond acceptors (Lipinski definition) is 1. The van der Waals surface area contributed by atoms with E-state index < -0.39 is 0 Å². The van der Waals surface area contributed by atoms with Crippen LogP contribution in [0, 0.1) is 0 Å². The Morgan fingerprint density at radius 2 is 2.25 bits per heavy atom. The lowest BCUT2D eigenvalue weighted by molar-refractivity contribution is -0.119. The van der Waals surface area contributed by atoms with Crippen molar-refractivity contribution >= 4 is 17.5 Å². The number of hydrogen-bond donors (Lipinski definition) is 1. The summed E-state index contributed by atoms with van der Waals surface area (Å²) in [6, 6.07) is 7.15. The summed E-state index contributed by atoms with van der Waals surface area (Å²) in [5, 5.41) is 0.626. The van der Waals surface area contributed by atoms with Gasteiger partial charge in [-0.15, -0.1) is 0 Å². The Morgan fingerprint density at radius 3 is 2.75 bits per heavy atom. The third-order valence-electron chi connectivity index (χ3n) is 1.78. The van der Waals surface area contributed by atoms with Crippen molar-refractivity contribution in [2.75, 3.05) is 0 Å². The molecule has 0 saturated carbocycles. The van der Waals surface area contributed by atoms with Crippen molar-refractivity contribution < 1.29 is 4.79 Å². The van der Waals surface area contributed by atoms with E-state index in [4.69, 9.17) is 17.3 Å². The number of amides is 1. The van der Waals surface area contributed by atoms with E-state index in [1.54, 1.807) is 25.1 Å². The molecule has 1 atom stereocenters. The summed E-state index contributed by atoms with van der Waals surface area (Å²) in [5.74, 6) is -0.610. The number of halogens is 1. The molecule has 0 heterocycles. The molecule has 1 aromatic carbocycles. The van der Waals surface area contributed by atoms with Crippen molar-refractivity contribution in [3.8, 4) is 0 Å². The van der Waals surface area contributed by atoms with Gasteiger partial charge in [-0.1, -0.05) is 23.7 Å². The molecular formula is C9H10ClNO. The summed E-state index contributed by atoms with van der Waals surface area (Å²) in [4.78, 5) is 10.8. The fourth-order valence-electron chi connectivity index (χ4n) is 0.940. The second kappa shape index (κ2) is 3.59. The standard InChI is InChI=1S/C9H10ClNO/c1-6(9(11)12)7-3-2-4-8(10)5-7/h2-6H,1H3,(H2,11,12)/t6-/m1/s1. The fourth-order valence-corrected chi connectivity index (χ4v) is 1.14. The van der Waals surface area contributed by atoms with Crippen LogP contribution in [-0.2, 0) is 4.79 Å². The highest BCUT2D eigenvalue weighted by Gasteiger charge is 2.10. The van der Waals surface area contributed by atoms with Gasteiger partial charge in [0.25, 0.3) is 0 Å². The van der Waals surface area contributed by atoms with Gasteiger partial charge in [0.2, 0.25) is 5.91 Å². The Kier molecular flexibility index (Phi) is 2.71. The first kappa shape index (κ1) is 9.07. The smallest absolute Gasteiger partial charge is 0.224 e. The van der Waals surface area contributed by atoms with Gasteiger partial charge in [-0.2, -0.15) is 0 Å². The number of primary amides is 1. The molecule has 0 unspecified atom stereocenters. The lowest BCUT2D eigenvalue weighted by atomic mass is 10.0. The second-order valence-electron chi connectivity index (χ2n) is 2.68. The molecule has 0 spiro atoms. The highest BCUT2D eigenvalue weighted by atomic mass is 35.5. The van der Waals surface area contributed by atoms with E-state index in [1.807, 2.05) is 6.07 Å². The van der Waals surface area contributed by atoms with Crippen molar-refractivity contribution in [1.29, 1.82) is 0 Å². The molecule has 0 fully saturated rings. The van der Waals surface area contributed by atoms with Crippen molar-refractivity contribution in [2.24, 2.45) is 5.73 Å². The number of rotatable bonds is 2. The molecule has 12 heavy (non-hydrogen) atoms. The highest BCUT2D eigenvalue weighted by Crippen LogP contribution is 2.18. The predicted molar refractivity (Wildman–Crippen MR) is 49.1 cm³/mol.